The normalized spacial score (nSPS) is 11.2. The van der Waals surface area contributed by atoms with Crippen LogP contribution in [0.15, 0.2) is 59.7 Å². The van der Waals surface area contributed by atoms with E-state index >= 15 is 0 Å². The number of rotatable bonds is 4. The summed E-state index contributed by atoms with van der Waals surface area (Å²) < 4.78 is 0. The molecule has 4 heteroatoms. The van der Waals surface area contributed by atoms with Gasteiger partial charge in [0.05, 0.1) is 5.69 Å². The highest BCUT2D eigenvalue weighted by atomic mass is 35.5. The number of carbonyl (C=O) groups is 1. The lowest BCUT2D eigenvalue weighted by Gasteiger charge is -2.03. The third-order valence-electron chi connectivity index (χ3n) is 2.56. The summed E-state index contributed by atoms with van der Waals surface area (Å²) in [6.45, 7) is 1.68. The molecule has 0 fully saturated rings. The topological polar surface area (TPSA) is 41.5 Å². The number of nitrogens with zero attached hydrogens (tertiary/aromatic N) is 1. The fourth-order valence-electron chi connectivity index (χ4n) is 1.52. The highest BCUT2D eigenvalue weighted by Gasteiger charge is 2.08. The molecule has 0 amide bonds. The molecular formula is C15H13ClN2O. The number of nitrogens with one attached hydrogen (secondary N) is 1. The van der Waals surface area contributed by atoms with Crippen molar-refractivity contribution in [2.45, 2.75) is 6.92 Å². The second-order valence-electron chi connectivity index (χ2n) is 4.01. The first-order valence-corrected chi connectivity index (χ1v) is 6.20. The first-order chi connectivity index (χ1) is 9.16. The molecular weight excluding hydrogens is 260 g/mol. The monoisotopic (exact) mass is 272 g/mol. The van der Waals surface area contributed by atoms with E-state index in [9.17, 15) is 4.79 Å². The molecule has 2 aromatic carbocycles. The first-order valence-electron chi connectivity index (χ1n) is 5.82. The minimum absolute atomic E-state index is 0.0953. The van der Waals surface area contributed by atoms with E-state index in [1.165, 1.54) is 0 Å². The third kappa shape index (κ3) is 3.66. The minimum Gasteiger partial charge on any atom is -0.287 e. The van der Waals surface area contributed by atoms with E-state index in [2.05, 4.69) is 10.5 Å². The molecule has 0 aliphatic rings. The van der Waals surface area contributed by atoms with Crippen LogP contribution in [-0.4, -0.2) is 11.5 Å². The Hall–Kier alpha value is -2.13. The van der Waals surface area contributed by atoms with Crippen LogP contribution in [-0.2, 0) is 0 Å². The van der Waals surface area contributed by atoms with Crippen LogP contribution in [0.5, 0.6) is 0 Å². The van der Waals surface area contributed by atoms with Crippen molar-refractivity contribution in [3.8, 4) is 0 Å². The highest BCUT2D eigenvalue weighted by Crippen LogP contribution is 2.13. The Morgan fingerprint density at radius 2 is 1.68 bits per heavy atom. The van der Waals surface area contributed by atoms with Crippen LogP contribution in [0.25, 0.3) is 0 Å². The van der Waals surface area contributed by atoms with Crippen molar-refractivity contribution in [1.82, 2.24) is 0 Å². The van der Waals surface area contributed by atoms with E-state index in [0.29, 0.717) is 16.3 Å². The van der Waals surface area contributed by atoms with Gasteiger partial charge in [0, 0.05) is 10.6 Å². The minimum atomic E-state index is -0.0953. The number of Topliss-reactive ketones (excluding diaryl/α,β-unsaturated/α-hetero) is 1. The zero-order valence-corrected chi connectivity index (χ0v) is 11.2. The van der Waals surface area contributed by atoms with Gasteiger partial charge < -0.3 is 0 Å². The molecule has 0 bridgehead atoms. The maximum absolute atomic E-state index is 12.0. The summed E-state index contributed by atoms with van der Waals surface area (Å²) in [6, 6.07) is 16.2. The Morgan fingerprint density at radius 1 is 1.05 bits per heavy atom. The number of anilines is 1. The Morgan fingerprint density at radius 3 is 2.32 bits per heavy atom. The van der Waals surface area contributed by atoms with E-state index in [-0.39, 0.29) is 5.78 Å². The van der Waals surface area contributed by atoms with Gasteiger partial charge in [-0.3, -0.25) is 10.2 Å². The zero-order chi connectivity index (χ0) is 13.7. The average Bonchev–Trinajstić information content (AvgIpc) is 2.46. The van der Waals surface area contributed by atoms with Crippen LogP contribution in [0.2, 0.25) is 5.02 Å². The molecule has 19 heavy (non-hydrogen) atoms. The van der Waals surface area contributed by atoms with Gasteiger partial charge in [-0.05, 0) is 31.2 Å². The van der Waals surface area contributed by atoms with Crippen LogP contribution < -0.4 is 5.43 Å². The smallest absolute Gasteiger partial charge is 0.208 e. The van der Waals surface area contributed by atoms with Crippen molar-refractivity contribution in [2.75, 3.05) is 5.43 Å². The van der Waals surface area contributed by atoms with Gasteiger partial charge in [-0.15, -0.1) is 0 Å². The fourth-order valence-corrected chi connectivity index (χ4v) is 1.65. The van der Waals surface area contributed by atoms with Crippen LogP contribution in [0.4, 0.5) is 5.69 Å². The van der Waals surface area contributed by atoms with Crippen LogP contribution >= 0.6 is 11.6 Å². The van der Waals surface area contributed by atoms with E-state index in [1.807, 2.05) is 18.2 Å². The lowest BCUT2D eigenvalue weighted by Crippen LogP contribution is -2.12. The summed E-state index contributed by atoms with van der Waals surface area (Å²) in [7, 11) is 0. The van der Waals surface area contributed by atoms with Crippen molar-refractivity contribution in [2.24, 2.45) is 5.10 Å². The van der Waals surface area contributed by atoms with Gasteiger partial charge in [0.2, 0.25) is 5.78 Å². The third-order valence-corrected chi connectivity index (χ3v) is 2.81. The molecule has 0 saturated carbocycles. The molecule has 1 N–H and O–H groups in total. The number of hydrogen-bond acceptors (Lipinski definition) is 3. The van der Waals surface area contributed by atoms with Gasteiger partial charge in [-0.25, -0.2) is 0 Å². The molecule has 2 rings (SSSR count). The van der Waals surface area contributed by atoms with Gasteiger partial charge in [0.15, 0.2) is 0 Å². The summed E-state index contributed by atoms with van der Waals surface area (Å²) in [6.07, 6.45) is 0. The molecule has 0 spiro atoms. The van der Waals surface area contributed by atoms with Crippen molar-refractivity contribution in [1.29, 1.82) is 0 Å². The highest BCUT2D eigenvalue weighted by molar-refractivity contribution is 6.45. The molecule has 0 saturated heterocycles. The van der Waals surface area contributed by atoms with E-state index in [1.54, 1.807) is 43.3 Å². The van der Waals surface area contributed by atoms with E-state index < -0.39 is 0 Å². The summed E-state index contributed by atoms with van der Waals surface area (Å²) in [5, 5.41) is 4.73. The Labute approximate surface area is 116 Å². The predicted octanol–water partition coefficient (Wildman–Crippen LogP) is 4.01. The zero-order valence-electron chi connectivity index (χ0n) is 10.4. The van der Waals surface area contributed by atoms with Crippen LogP contribution in [0.3, 0.4) is 0 Å². The lowest BCUT2D eigenvalue weighted by atomic mass is 10.1. The summed E-state index contributed by atoms with van der Waals surface area (Å²) in [5.74, 6) is -0.0953. The molecule has 0 aliphatic heterocycles. The molecule has 0 atom stereocenters. The molecule has 0 unspecified atom stereocenters. The molecule has 96 valence electrons. The van der Waals surface area contributed by atoms with Gasteiger partial charge in [0.25, 0.3) is 0 Å². The van der Waals surface area contributed by atoms with Gasteiger partial charge in [-0.1, -0.05) is 41.9 Å². The molecule has 0 heterocycles. The molecule has 0 aliphatic carbocycles. The van der Waals surface area contributed by atoms with Gasteiger partial charge in [0.1, 0.15) is 5.71 Å². The van der Waals surface area contributed by atoms with Crippen molar-refractivity contribution >= 4 is 28.8 Å². The van der Waals surface area contributed by atoms with Crippen molar-refractivity contribution in [3.05, 3.63) is 65.2 Å². The van der Waals surface area contributed by atoms with Crippen LogP contribution in [0.1, 0.15) is 17.3 Å². The molecule has 0 radical (unpaired) electrons. The number of hydrogen-bond donors (Lipinski definition) is 1. The summed E-state index contributed by atoms with van der Waals surface area (Å²) in [5.41, 5.74) is 4.64. The number of ketones is 1. The maximum Gasteiger partial charge on any atom is 0.208 e. The maximum atomic E-state index is 12.0. The largest absolute Gasteiger partial charge is 0.287 e. The first kappa shape index (κ1) is 13.3. The quantitative estimate of drug-likeness (QED) is 0.519. The predicted molar refractivity (Wildman–Crippen MR) is 79.0 cm³/mol. The summed E-state index contributed by atoms with van der Waals surface area (Å²) >= 11 is 5.79. The standard InChI is InChI=1S/C15H13ClN2O/c1-11(15(19)12-5-3-2-4-6-12)17-18-14-9-7-13(16)8-10-14/h2-10,18H,1H3/b17-11+. The van der Waals surface area contributed by atoms with Gasteiger partial charge in [-0.2, -0.15) is 5.10 Å². The number of halogens is 1. The Bertz CT molecular complexity index is 591. The molecule has 0 aromatic heterocycles. The van der Waals surface area contributed by atoms with E-state index in [4.69, 9.17) is 11.6 Å². The van der Waals surface area contributed by atoms with Gasteiger partial charge >= 0.3 is 0 Å². The van der Waals surface area contributed by atoms with E-state index in [0.717, 1.165) is 5.69 Å². The lowest BCUT2D eigenvalue weighted by molar-refractivity contribution is 0.106. The number of carbonyl (C=O) groups excluding carboxylic acids is 1. The average molecular weight is 273 g/mol. The van der Waals surface area contributed by atoms with Crippen molar-refractivity contribution in [3.63, 3.8) is 0 Å². The fraction of sp³-hybridized carbons (Fsp3) is 0.0667. The van der Waals surface area contributed by atoms with Crippen molar-refractivity contribution < 1.29 is 4.79 Å². The van der Waals surface area contributed by atoms with Crippen LogP contribution in [0, 0.1) is 0 Å². The molecule has 2 aromatic rings. The Balaban J connectivity index is 2.07. The Kier molecular flexibility index (Phi) is 4.31. The number of hydrazone groups is 1. The summed E-state index contributed by atoms with van der Waals surface area (Å²) in [4.78, 5) is 12.0. The molecule has 3 nitrogen and oxygen atoms in total. The SMILES string of the molecule is C/C(=N\Nc1ccc(Cl)cc1)C(=O)c1ccccc1. The second kappa shape index (κ2) is 6.16. The number of benzene rings is 2. The second-order valence-corrected chi connectivity index (χ2v) is 4.45.